The van der Waals surface area contributed by atoms with E-state index in [1.54, 1.807) is 45.6 Å². The van der Waals surface area contributed by atoms with Crippen molar-refractivity contribution in [2.75, 3.05) is 27.9 Å². The third-order valence-corrected chi connectivity index (χ3v) is 3.77. The van der Waals surface area contributed by atoms with E-state index in [0.29, 0.717) is 28.6 Å². The molecule has 6 nitrogen and oxygen atoms in total. The van der Waals surface area contributed by atoms with E-state index in [4.69, 9.17) is 23.7 Å². The monoisotopic (exact) mass is 372 g/mol. The van der Waals surface area contributed by atoms with Crippen molar-refractivity contribution in [3.63, 3.8) is 0 Å². The zero-order valence-electron chi connectivity index (χ0n) is 16.0. The first-order valence-corrected chi connectivity index (χ1v) is 8.41. The molecule has 2 aromatic carbocycles. The smallest absolute Gasteiger partial charge is 0.344 e. The highest BCUT2D eigenvalue weighted by atomic mass is 16.6. The minimum absolute atomic E-state index is 0.0555. The van der Waals surface area contributed by atoms with Gasteiger partial charge in [0.15, 0.2) is 18.1 Å². The number of allylic oxidation sites excluding steroid dienone is 1. The third-order valence-electron chi connectivity index (χ3n) is 3.77. The Balaban J connectivity index is 1.95. The van der Waals surface area contributed by atoms with Gasteiger partial charge in [0.05, 0.1) is 21.3 Å². The van der Waals surface area contributed by atoms with Crippen molar-refractivity contribution in [3.8, 4) is 23.0 Å². The highest BCUT2D eigenvalue weighted by molar-refractivity contribution is 5.71. The second-order valence-electron chi connectivity index (χ2n) is 5.54. The summed E-state index contributed by atoms with van der Waals surface area (Å²) in [6, 6.07) is 10.8. The van der Waals surface area contributed by atoms with Crippen LogP contribution in [0.2, 0.25) is 0 Å². The Morgan fingerprint density at radius 2 is 1.67 bits per heavy atom. The van der Waals surface area contributed by atoms with Gasteiger partial charge >= 0.3 is 5.97 Å². The van der Waals surface area contributed by atoms with Crippen molar-refractivity contribution in [2.45, 2.75) is 13.5 Å². The van der Waals surface area contributed by atoms with Crippen LogP contribution in [-0.2, 0) is 16.1 Å². The lowest BCUT2D eigenvalue weighted by molar-refractivity contribution is -0.147. The number of hydrogen-bond donors (Lipinski definition) is 0. The molecule has 0 amide bonds. The predicted molar refractivity (Wildman–Crippen MR) is 103 cm³/mol. The van der Waals surface area contributed by atoms with Gasteiger partial charge in [0.25, 0.3) is 0 Å². The number of ether oxygens (including phenoxy) is 5. The zero-order valence-corrected chi connectivity index (χ0v) is 16.0. The summed E-state index contributed by atoms with van der Waals surface area (Å²) in [5.41, 5.74) is 1.69. The van der Waals surface area contributed by atoms with E-state index in [0.717, 1.165) is 5.56 Å². The van der Waals surface area contributed by atoms with Gasteiger partial charge in [0, 0.05) is 5.56 Å². The van der Waals surface area contributed by atoms with Gasteiger partial charge in [-0.25, -0.2) is 4.79 Å². The molecule has 6 heteroatoms. The van der Waals surface area contributed by atoms with Crippen molar-refractivity contribution < 1.29 is 28.5 Å². The number of methoxy groups -OCH3 is 3. The van der Waals surface area contributed by atoms with Gasteiger partial charge in [-0.1, -0.05) is 18.2 Å². The van der Waals surface area contributed by atoms with E-state index in [1.807, 2.05) is 31.2 Å². The molecule has 0 radical (unpaired) electrons. The van der Waals surface area contributed by atoms with Gasteiger partial charge in [0.1, 0.15) is 18.1 Å². The first-order valence-electron chi connectivity index (χ1n) is 8.41. The molecule has 0 bridgehead atoms. The Bertz CT molecular complexity index is 797. The van der Waals surface area contributed by atoms with Crippen LogP contribution in [0.15, 0.2) is 42.5 Å². The standard InChI is InChI=1S/C21H24O6/c1-5-6-15-7-9-19(20(11-15)25-4)26-14-21(22)27-13-16-12-17(23-2)8-10-18(16)24-3/h5-12H,13-14H2,1-4H3/b6-5+. The first kappa shape index (κ1) is 20.2. The van der Waals surface area contributed by atoms with Gasteiger partial charge in [-0.15, -0.1) is 0 Å². The number of carbonyl (C=O) groups excluding carboxylic acids is 1. The molecule has 0 aliphatic heterocycles. The summed E-state index contributed by atoms with van der Waals surface area (Å²) in [7, 11) is 4.68. The fourth-order valence-electron chi connectivity index (χ4n) is 2.43. The molecule has 0 N–H and O–H groups in total. The van der Waals surface area contributed by atoms with E-state index < -0.39 is 5.97 Å². The first-order chi connectivity index (χ1) is 13.1. The Labute approximate surface area is 159 Å². The fourth-order valence-corrected chi connectivity index (χ4v) is 2.43. The van der Waals surface area contributed by atoms with Gasteiger partial charge in [-0.3, -0.25) is 0 Å². The second-order valence-corrected chi connectivity index (χ2v) is 5.54. The molecular weight excluding hydrogens is 348 g/mol. The largest absolute Gasteiger partial charge is 0.497 e. The molecule has 2 aromatic rings. The van der Waals surface area contributed by atoms with Crippen LogP contribution in [0.25, 0.3) is 6.08 Å². The highest BCUT2D eigenvalue weighted by Crippen LogP contribution is 2.29. The molecule has 0 aromatic heterocycles. The van der Waals surface area contributed by atoms with Crippen LogP contribution in [0.5, 0.6) is 23.0 Å². The molecule has 0 unspecified atom stereocenters. The molecule has 27 heavy (non-hydrogen) atoms. The normalized spacial score (nSPS) is 10.5. The SMILES string of the molecule is C/C=C/c1ccc(OCC(=O)OCc2cc(OC)ccc2OC)c(OC)c1. The van der Waals surface area contributed by atoms with Crippen LogP contribution in [0, 0.1) is 0 Å². The van der Waals surface area contributed by atoms with Crippen molar-refractivity contribution in [2.24, 2.45) is 0 Å². The zero-order chi connectivity index (χ0) is 19.6. The van der Waals surface area contributed by atoms with E-state index in [1.165, 1.54) is 0 Å². The Morgan fingerprint density at radius 1 is 0.926 bits per heavy atom. The number of carbonyl (C=O) groups is 1. The minimum Gasteiger partial charge on any atom is -0.497 e. The predicted octanol–water partition coefficient (Wildman–Crippen LogP) is 3.87. The minimum atomic E-state index is -0.501. The Kier molecular flexibility index (Phi) is 7.55. The Morgan fingerprint density at radius 3 is 2.33 bits per heavy atom. The van der Waals surface area contributed by atoms with Crippen LogP contribution in [0.1, 0.15) is 18.1 Å². The average Bonchev–Trinajstić information content (AvgIpc) is 2.71. The summed E-state index contributed by atoms with van der Waals surface area (Å²) in [5, 5.41) is 0. The molecule has 0 saturated heterocycles. The second kappa shape index (κ2) is 10.1. The van der Waals surface area contributed by atoms with Gasteiger partial charge in [-0.2, -0.15) is 0 Å². The van der Waals surface area contributed by atoms with E-state index in [2.05, 4.69) is 0 Å². The lowest BCUT2D eigenvalue weighted by Crippen LogP contribution is -2.15. The fraction of sp³-hybridized carbons (Fsp3) is 0.286. The summed E-state index contributed by atoms with van der Waals surface area (Å²) in [6.45, 7) is 1.76. The van der Waals surface area contributed by atoms with E-state index in [9.17, 15) is 4.79 Å². The summed E-state index contributed by atoms with van der Waals surface area (Å²) >= 11 is 0. The molecule has 0 saturated carbocycles. The van der Waals surface area contributed by atoms with Crippen molar-refractivity contribution >= 4 is 12.0 Å². The molecule has 0 heterocycles. The maximum atomic E-state index is 12.0. The number of benzene rings is 2. The van der Waals surface area contributed by atoms with E-state index >= 15 is 0 Å². The molecular formula is C21H24O6. The van der Waals surface area contributed by atoms with Crippen molar-refractivity contribution in [1.82, 2.24) is 0 Å². The summed E-state index contributed by atoms with van der Waals surface area (Å²) in [6.07, 6.45) is 3.88. The van der Waals surface area contributed by atoms with Crippen LogP contribution in [-0.4, -0.2) is 33.9 Å². The van der Waals surface area contributed by atoms with Crippen LogP contribution in [0.3, 0.4) is 0 Å². The average molecular weight is 372 g/mol. The van der Waals surface area contributed by atoms with Crippen molar-refractivity contribution in [3.05, 3.63) is 53.6 Å². The van der Waals surface area contributed by atoms with Gasteiger partial charge in [0.2, 0.25) is 0 Å². The molecule has 144 valence electrons. The molecule has 0 atom stereocenters. The lowest BCUT2D eigenvalue weighted by atomic mass is 10.2. The number of rotatable bonds is 9. The molecule has 0 aliphatic rings. The highest BCUT2D eigenvalue weighted by Gasteiger charge is 2.11. The quantitative estimate of drug-likeness (QED) is 0.623. The van der Waals surface area contributed by atoms with Gasteiger partial charge < -0.3 is 23.7 Å². The maximum Gasteiger partial charge on any atom is 0.344 e. The van der Waals surface area contributed by atoms with Crippen LogP contribution >= 0.6 is 0 Å². The molecule has 0 fully saturated rings. The van der Waals surface area contributed by atoms with Crippen LogP contribution in [0.4, 0.5) is 0 Å². The summed E-state index contributed by atoms with van der Waals surface area (Å²) in [5.74, 6) is 1.80. The third kappa shape index (κ3) is 5.67. The maximum absolute atomic E-state index is 12.0. The number of hydrogen-bond acceptors (Lipinski definition) is 6. The number of esters is 1. The Hall–Kier alpha value is -3.15. The molecule has 0 spiro atoms. The van der Waals surface area contributed by atoms with Gasteiger partial charge in [-0.05, 0) is 42.8 Å². The van der Waals surface area contributed by atoms with E-state index in [-0.39, 0.29) is 13.2 Å². The molecule has 0 aliphatic carbocycles. The topological polar surface area (TPSA) is 63.2 Å². The summed E-state index contributed by atoms with van der Waals surface area (Å²) in [4.78, 5) is 12.0. The van der Waals surface area contributed by atoms with Crippen LogP contribution < -0.4 is 18.9 Å². The summed E-state index contributed by atoms with van der Waals surface area (Å²) < 4.78 is 26.6. The van der Waals surface area contributed by atoms with Crippen molar-refractivity contribution in [1.29, 1.82) is 0 Å². The molecule has 2 rings (SSSR count). The lowest BCUT2D eigenvalue weighted by Gasteiger charge is -2.13.